The maximum Gasteiger partial charge on any atom is 0.329 e. The van der Waals surface area contributed by atoms with Crippen molar-refractivity contribution < 1.29 is 33.2 Å². The fourth-order valence-corrected chi connectivity index (χ4v) is 2.58. The molecule has 2 rings (SSSR count). The van der Waals surface area contributed by atoms with Crippen LogP contribution in [0.15, 0.2) is 48.5 Å². The van der Waals surface area contributed by atoms with Crippen LogP contribution in [0.25, 0.3) is 0 Å². The Kier molecular flexibility index (Phi) is 8.55. The van der Waals surface area contributed by atoms with Crippen LogP contribution in [0.3, 0.4) is 0 Å². The lowest BCUT2D eigenvalue weighted by Gasteiger charge is -2.21. The van der Waals surface area contributed by atoms with Crippen LogP contribution in [0.1, 0.15) is 34.6 Å². The summed E-state index contributed by atoms with van der Waals surface area (Å²) in [7, 11) is 0. The summed E-state index contributed by atoms with van der Waals surface area (Å²) in [6.45, 7) is 2.45. The molecule has 0 fully saturated rings. The van der Waals surface area contributed by atoms with Crippen LogP contribution >= 0.6 is 0 Å². The van der Waals surface area contributed by atoms with E-state index in [2.05, 4.69) is 5.32 Å². The topological polar surface area (TPSA) is 157 Å². The minimum absolute atomic E-state index is 0.0720. The number of benzene rings is 2. The molecule has 0 radical (unpaired) electrons. The maximum atomic E-state index is 13.8. The Balaban J connectivity index is 1.88. The second-order valence-corrected chi connectivity index (χ2v) is 7.09. The molecule has 174 valence electrons. The summed E-state index contributed by atoms with van der Waals surface area (Å²) >= 11 is 0. The van der Waals surface area contributed by atoms with Crippen LogP contribution in [0.5, 0.6) is 0 Å². The van der Waals surface area contributed by atoms with Gasteiger partial charge in [0.25, 0.3) is 23.4 Å². The van der Waals surface area contributed by atoms with Gasteiger partial charge in [0.2, 0.25) is 0 Å². The van der Waals surface area contributed by atoms with Gasteiger partial charge in [-0.2, -0.15) is 0 Å². The molecule has 3 amide bonds. The molecule has 0 spiro atoms. The van der Waals surface area contributed by atoms with Gasteiger partial charge in [-0.05, 0) is 24.1 Å². The van der Waals surface area contributed by atoms with Gasteiger partial charge in [0.15, 0.2) is 6.61 Å². The molecule has 0 heterocycles. The number of halogens is 1. The Morgan fingerprint density at radius 3 is 2.36 bits per heavy atom. The molecule has 0 aliphatic rings. The van der Waals surface area contributed by atoms with E-state index in [1.807, 2.05) is 10.9 Å². The summed E-state index contributed by atoms with van der Waals surface area (Å²) in [6.07, 6.45) is 0. The van der Waals surface area contributed by atoms with Crippen molar-refractivity contribution in [2.24, 2.45) is 5.92 Å². The zero-order valence-corrected chi connectivity index (χ0v) is 17.7. The van der Waals surface area contributed by atoms with Crippen LogP contribution in [-0.2, 0) is 14.3 Å². The molecule has 0 unspecified atom stereocenters. The van der Waals surface area contributed by atoms with Crippen molar-refractivity contribution in [1.82, 2.24) is 16.2 Å². The van der Waals surface area contributed by atoms with E-state index in [-0.39, 0.29) is 16.8 Å². The van der Waals surface area contributed by atoms with Gasteiger partial charge in [0.05, 0.1) is 10.5 Å². The molecule has 0 saturated heterocycles. The van der Waals surface area contributed by atoms with E-state index in [0.717, 1.165) is 12.1 Å². The first kappa shape index (κ1) is 24.9. The average Bonchev–Trinajstić information content (AvgIpc) is 2.79. The molecule has 12 heteroatoms. The van der Waals surface area contributed by atoms with E-state index >= 15 is 0 Å². The lowest BCUT2D eigenvalue weighted by molar-refractivity contribution is -0.384. The van der Waals surface area contributed by atoms with Crippen molar-refractivity contribution in [1.29, 1.82) is 0 Å². The monoisotopic (exact) mass is 460 g/mol. The Bertz CT molecular complexity index is 1070. The zero-order chi connectivity index (χ0) is 24.5. The maximum absolute atomic E-state index is 13.8. The van der Waals surface area contributed by atoms with Crippen molar-refractivity contribution in [3.63, 3.8) is 0 Å². The highest BCUT2D eigenvalue weighted by Crippen LogP contribution is 2.13. The summed E-state index contributed by atoms with van der Waals surface area (Å²) < 4.78 is 18.7. The van der Waals surface area contributed by atoms with Crippen molar-refractivity contribution in [2.75, 3.05) is 6.61 Å². The summed E-state index contributed by atoms with van der Waals surface area (Å²) in [5.41, 5.74) is 3.41. The molecule has 33 heavy (non-hydrogen) atoms. The van der Waals surface area contributed by atoms with Gasteiger partial charge in [0.1, 0.15) is 11.9 Å². The van der Waals surface area contributed by atoms with Crippen molar-refractivity contribution >= 4 is 29.4 Å². The van der Waals surface area contributed by atoms with Gasteiger partial charge in [-0.15, -0.1) is 0 Å². The first-order valence-corrected chi connectivity index (χ1v) is 9.65. The van der Waals surface area contributed by atoms with Gasteiger partial charge in [-0.3, -0.25) is 35.3 Å². The van der Waals surface area contributed by atoms with E-state index in [1.54, 1.807) is 13.8 Å². The number of nitro groups is 1. The number of hydrazine groups is 1. The van der Waals surface area contributed by atoms with Gasteiger partial charge < -0.3 is 10.1 Å². The highest BCUT2D eigenvalue weighted by Gasteiger charge is 2.27. The van der Waals surface area contributed by atoms with Crippen LogP contribution in [0.4, 0.5) is 10.1 Å². The molecule has 0 bridgehead atoms. The molecule has 11 nitrogen and oxygen atoms in total. The van der Waals surface area contributed by atoms with Crippen molar-refractivity contribution in [3.8, 4) is 0 Å². The minimum Gasteiger partial charge on any atom is -0.454 e. The Hall–Kier alpha value is -4.35. The van der Waals surface area contributed by atoms with Gasteiger partial charge in [-0.1, -0.05) is 32.0 Å². The normalized spacial score (nSPS) is 11.3. The number of nitro benzene ring substituents is 1. The van der Waals surface area contributed by atoms with Crippen LogP contribution in [0, 0.1) is 21.8 Å². The summed E-state index contributed by atoms with van der Waals surface area (Å²) in [5, 5.41) is 13.1. The van der Waals surface area contributed by atoms with E-state index in [0.29, 0.717) is 0 Å². The molecule has 2 aromatic carbocycles. The highest BCUT2D eigenvalue weighted by molar-refractivity contribution is 5.98. The number of esters is 1. The fourth-order valence-electron chi connectivity index (χ4n) is 2.58. The van der Waals surface area contributed by atoms with Gasteiger partial charge in [0, 0.05) is 17.7 Å². The molecular weight excluding hydrogens is 439 g/mol. The van der Waals surface area contributed by atoms with Crippen LogP contribution < -0.4 is 16.2 Å². The first-order valence-electron chi connectivity index (χ1n) is 9.65. The summed E-state index contributed by atoms with van der Waals surface area (Å²) in [4.78, 5) is 58.6. The number of rotatable bonds is 8. The molecule has 0 saturated carbocycles. The molecule has 1 atom stereocenters. The number of nitrogens with one attached hydrogen (secondary N) is 3. The lowest BCUT2D eigenvalue weighted by atomic mass is 10.0. The largest absolute Gasteiger partial charge is 0.454 e. The second kappa shape index (κ2) is 11.3. The van der Waals surface area contributed by atoms with Gasteiger partial charge in [-0.25, -0.2) is 9.18 Å². The standard InChI is InChI=1S/C21H21FN4O7/c1-12(2)18(23-20(29)15-8-3-4-9-16(15)22)21(30)33-11-17(27)24-25-19(28)13-6-5-7-14(10-13)26(31)32/h3-10,12,18H,11H2,1-2H3,(H,23,29)(H,24,27)(H,25,28)/t18-/m0/s1. The number of ether oxygens (including phenoxy) is 1. The van der Waals surface area contributed by atoms with E-state index < -0.39 is 53.0 Å². The van der Waals surface area contributed by atoms with Crippen molar-refractivity contribution in [3.05, 3.63) is 75.6 Å². The summed E-state index contributed by atoms with van der Waals surface area (Å²) in [6, 6.07) is 8.90. The average molecular weight is 460 g/mol. The van der Waals surface area contributed by atoms with Gasteiger partial charge >= 0.3 is 5.97 Å². The fraction of sp³-hybridized carbons (Fsp3) is 0.238. The Labute approximate surface area is 187 Å². The molecule has 0 aliphatic carbocycles. The molecule has 0 aliphatic heterocycles. The molecule has 0 aromatic heterocycles. The Morgan fingerprint density at radius 1 is 1.03 bits per heavy atom. The number of hydrogen-bond donors (Lipinski definition) is 3. The number of nitrogens with zero attached hydrogens (tertiary/aromatic N) is 1. The number of amides is 3. The minimum atomic E-state index is -1.16. The summed E-state index contributed by atoms with van der Waals surface area (Å²) in [5.74, 6) is -4.68. The number of carbonyl (C=O) groups is 4. The molecule has 2 aromatic rings. The second-order valence-electron chi connectivity index (χ2n) is 7.09. The molecular formula is C21H21FN4O7. The lowest BCUT2D eigenvalue weighted by Crippen LogP contribution is -2.47. The number of carbonyl (C=O) groups excluding carboxylic acids is 4. The SMILES string of the molecule is CC(C)[C@H](NC(=O)c1ccccc1F)C(=O)OCC(=O)NNC(=O)c1cccc([N+](=O)[O-])c1. The predicted molar refractivity (Wildman–Crippen MR) is 112 cm³/mol. The Morgan fingerprint density at radius 2 is 1.73 bits per heavy atom. The smallest absolute Gasteiger partial charge is 0.329 e. The van der Waals surface area contributed by atoms with E-state index in [9.17, 15) is 33.7 Å². The molecule has 3 N–H and O–H groups in total. The number of non-ortho nitro benzene ring substituents is 1. The predicted octanol–water partition coefficient (Wildman–Crippen LogP) is 1.49. The number of hydrogen-bond acceptors (Lipinski definition) is 7. The third-order valence-corrected chi connectivity index (χ3v) is 4.31. The first-order chi connectivity index (χ1) is 15.6. The van der Waals surface area contributed by atoms with Crippen molar-refractivity contribution in [2.45, 2.75) is 19.9 Å². The quantitative estimate of drug-likeness (QED) is 0.306. The van der Waals surface area contributed by atoms with E-state index in [1.165, 1.54) is 36.4 Å². The third-order valence-electron chi connectivity index (χ3n) is 4.31. The highest BCUT2D eigenvalue weighted by atomic mass is 19.1. The third kappa shape index (κ3) is 7.09. The van der Waals surface area contributed by atoms with E-state index in [4.69, 9.17) is 4.74 Å². The van der Waals surface area contributed by atoms with Crippen LogP contribution in [-0.4, -0.2) is 41.3 Å². The van der Waals surface area contributed by atoms with Crippen LogP contribution in [0.2, 0.25) is 0 Å². The zero-order valence-electron chi connectivity index (χ0n) is 17.7.